The number of carbonyl (C=O) groups excluding carboxylic acids is 2. The second-order valence-electron chi connectivity index (χ2n) is 13.7. The maximum Gasteiger partial charge on any atom is 0.416 e. The maximum atomic E-state index is 13.9. The monoisotopic (exact) mass is 709 g/mol. The zero-order valence-electron chi connectivity index (χ0n) is 28.7. The smallest absolute Gasteiger partial charge is 0.416 e. The van der Waals surface area contributed by atoms with Crippen LogP contribution in [0.25, 0.3) is 11.1 Å². The first-order valence-corrected chi connectivity index (χ1v) is 17.8. The largest absolute Gasteiger partial charge is 0.493 e. The van der Waals surface area contributed by atoms with Crippen molar-refractivity contribution in [3.05, 3.63) is 118 Å². The van der Waals surface area contributed by atoms with Gasteiger partial charge in [0.05, 0.1) is 23.8 Å². The van der Waals surface area contributed by atoms with Gasteiger partial charge in [0.25, 0.3) is 10.1 Å². The van der Waals surface area contributed by atoms with Crippen LogP contribution < -0.4 is 10.1 Å². The molecule has 0 aliphatic heterocycles. The molecule has 4 aromatic carbocycles. The van der Waals surface area contributed by atoms with Crippen LogP contribution in [0.1, 0.15) is 77.7 Å². The summed E-state index contributed by atoms with van der Waals surface area (Å²) in [5, 5.41) is 3.01. The number of anilines is 1. The summed E-state index contributed by atoms with van der Waals surface area (Å²) in [5.41, 5.74) is 4.39. The molecule has 0 radical (unpaired) electrons. The van der Waals surface area contributed by atoms with E-state index in [9.17, 15) is 31.2 Å². The summed E-state index contributed by atoms with van der Waals surface area (Å²) >= 11 is 0. The van der Waals surface area contributed by atoms with Gasteiger partial charge in [-0.1, -0.05) is 69.3 Å². The number of nitrogens with one attached hydrogen (secondary N) is 1. The zero-order valence-corrected chi connectivity index (χ0v) is 29.5. The van der Waals surface area contributed by atoms with Gasteiger partial charge in [-0.3, -0.25) is 14.1 Å². The van der Waals surface area contributed by atoms with Crippen molar-refractivity contribution >= 4 is 27.5 Å². The van der Waals surface area contributed by atoms with E-state index in [-0.39, 0.29) is 29.9 Å². The predicted molar refractivity (Wildman–Crippen MR) is 189 cm³/mol. The lowest BCUT2D eigenvalue weighted by atomic mass is 9.90. The molecule has 0 spiro atoms. The quantitative estimate of drug-likeness (QED) is 0.106. The Morgan fingerprint density at radius 3 is 1.98 bits per heavy atom. The van der Waals surface area contributed by atoms with E-state index in [2.05, 4.69) is 26.1 Å². The van der Waals surface area contributed by atoms with Crippen LogP contribution in [-0.4, -0.2) is 37.0 Å². The van der Waals surface area contributed by atoms with Gasteiger partial charge in [-0.2, -0.15) is 21.6 Å². The minimum absolute atomic E-state index is 0.00151. The Morgan fingerprint density at radius 2 is 1.44 bits per heavy atom. The number of amides is 1. The minimum atomic E-state index is -4.43. The highest BCUT2D eigenvalue weighted by atomic mass is 32.2. The molecule has 0 aliphatic carbocycles. The van der Waals surface area contributed by atoms with Gasteiger partial charge in [-0.15, -0.1) is 0 Å². The van der Waals surface area contributed by atoms with Crippen molar-refractivity contribution in [1.82, 2.24) is 0 Å². The first-order chi connectivity index (χ1) is 23.3. The molecule has 0 saturated heterocycles. The molecule has 266 valence electrons. The number of carbonyl (C=O) groups is 2. The fourth-order valence-electron chi connectivity index (χ4n) is 5.50. The van der Waals surface area contributed by atoms with Crippen LogP contribution in [0.3, 0.4) is 0 Å². The first-order valence-electron chi connectivity index (χ1n) is 16.2. The SMILES string of the molecule is Cc1cc(NC(=O)C(Cc2ccc(C(=O)CCCS(=O)(=O)O)cc2)c2ccc(OCC(C)(C)C)cc2)ccc1-c1ccc(C(F)(F)F)cc1C. The molecule has 0 bridgehead atoms. The summed E-state index contributed by atoms with van der Waals surface area (Å²) in [6.07, 6.45) is -4.17. The van der Waals surface area contributed by atoms with Crippen molar-refractivity contribution in [2.75, 3.05) is 17.7 Å². The molecule has 0 saturated carbocycles. The molecule has 50 heavy (non-hydrogen) atoms. The highest BCUT2D eigenvalue weighted by Crippen LogP contribution is 2.35. The van der Waals surface area contributed by atoms with Crippen LogP contribution in [0.4, 0.5) is 18.9 Å². The van der Waals surface area contributed by atoms with Gasteiger partial charge in [-0.05, 0) is 102 Å². The molecule has 0 heterocycles. The van der Waals surface area contributed by atoms with Crippen molar-refractivity contribution in [2.45, 2.75) is 66.0 Å². The predicted octanol–water partition coefficient (Wildman–Crippen LogP) is 9.23. The number of rotatable bonds is 13. The molecule has 1 unspecified atom stereocenters. The molecular weight excluding hydrogens is 667 g/mol. The average molecular weight is 710 g/mol. The van der Waals surface area contributed by atoms with Crippen LogP contribution in [0.15, 0.2) is 84.9 Å². The van der Waals surface area contributed by atoms with E-state index in [1.807, 2.05) is 31.2 Å². The fourth-order valence-corrected chi connectivity index (χ4v) is 6.00. The van der Waals surface area contributed by atoms with Gasteiger partial charge in [-0.25, -0.2) is 0 Å². The number of alkyl halides is 3. The zero-order chi connectivity index (χ0) is 36.9. The second kappa shape index (κ2) is 15.6. The number of aryl methyl sites for hydroxylation is 2. The third-order valence-corrected chi connectivity index (χ3v) is 8.94. The second-order valence-corrected chi connectivity index (χ2v) is 15.3. The average Bonchev–Trinajstić information content (AvgIpc) is 3.02. The number of hydrogen-bond donors (Lipinski definition) is 2. The molecule has 1 atom stereocenters. The topological polar surface area (TPSA) is 110 Å². The van der Waals surface area contributed by atoms with Gasteiger partial charge < -0.3 is 10.1 Å². The number of hydrogen-bond acceptors (Lipinski definition) is 5. The molecule has 7 nitrogen and oxygen atoms in total. The summed E-state index contributed by atoms with van der Waals surface area (Å²) in [6, 6.07) is 23.0. The normalized spacial score (nSPS) is 12.7. The Balaban J connectivity index is 1.56. The third kappa shape index (κ3) is 11.0. The summed E-state index contributed by atoms with van der Waals surface area (Å²) in [6.45, 7) is 10.2. The van der Waals surface area contributed by atoms with Gasteiger partial charge >= 0.3 is 6.18 Å². The van der Waals surface area contributed by atoms with Gasteiger partial charge in [0.1, 0.15) is 5.75 Å². The molecule has 0 aliphatic rings. The molecule has 1 amide bonds. The summed E-state index contributed by atoms with van der Waals surface area (Å²) < 4.78 is 76.5. The van der Waals surface area contributed by atoms with Crippen molar-refractivity contribution in [1.29, 1.82) is 0 Å². The standard InChI is InChI=1S/C39H42F3NO6S/c1-25-21-30(39(40,41)42)14-18-33(25)34-19-15-31(22-26(34)2)43-37(45)35(28-12-16-32(17-13-28)49-24-38(3,4)5)23-27-8-10-29(11-9-27)36(44)7-6-20-50(46,47)48/h8-19,21-22,35H,6-7,20,23-24H2,1-5H3,(H,43,45)(H,46,47,48). The highest BCUT2D eigenvalue weighted by molar-refractivity contribution is 7.85. The van der Waals surface area contributed by atoms with E-state index in [1.165, 1.54) is 6.07 Å². The molecule has 0 aromatic heterocycles. The Labute approximate surface area is 291 Å². The lowest BCUT2D eigenvalue weighted by Crippen LogP contribution is -2.23. The van der Waals surface area contributed by atoms with Crippen LogP contribution in [0, 0.1) is 19.3 Å². The Kier molecular flexibility index (Phi) is 12.0. The first kappa shape index (κ1) is 38.3. The van der Waals surface area contributed by atoms with Crippen LogP contribution >= 0.6 is 0 Å². The number of ether oxygens (including phenoxy) is 1. The van der Waals surface area contributed by atoms with E-state index in [0.29, 0.717) is 41.2 Å². The van der Waals surface area contributed by atoms with E-state index in [4.69, 9.17) is 9.29 Å². The lowest BCUT2D eigenvalue weighted by molar-refractivity contribution is -0.137. The van der Waals surface area contributed by atoms with E-state index < -0.39 is 33.5 Å². The maximum absolute atomic E-state index is 13.9. The van der Waals surface area contributed by atoms with E-state index in [1.54, 1.807) is 49.4 Å². The van der Waals surface area contributed by atoms with Crippen molar-refractivity contribution in [3.63, 3.8) is 0 Å². The fraction of sp³-hybridized carbons (Fsp3) is 0.333. The molecule has 0 fully saturated rings. The number of Topliss-reactive ketones (excluding diaryl/α,β-unsaturated/α-hetero) is 1. The highest BCUT2D eigenvalue weighted by Gasteiger charge is 2.31. The summed E-state index contributed by atoms with van der Waals surface area (Å²) in [5.74, 6) is -1.00. The molecule has 2 N–H and O–H groups in total. The third-order valence-electron chi connectivity index (χ3n) is 8.13. The van der Waals surface area contributed by atoms with Gasteiger partial charge in [0.2, 0.25) is 5.91 Å². The number of ketones is 1. The Hall–Kier alpha value is -4.48. The summed E-state index contributed by atoms with van der Waals surface area (Å²) in [4.78, 5) is 26.5. The minimum Gasteiger partial charge on any atom is -0.493 e. The number of halogens is 3. The summed E-state index contributed by atoms with van der Waals surface area (Å²) in [7, 11) is -4.15. The Morgan fingerprint density at radius 1 is 0.840 bits per heavy atom. The molecule has 4 rings (SSSR count). The molecular formula is C39H42F3NO6S. The van der Waals surface area contributed by atoms with Crippen molar-refractivity contribution in [3.8, 4) is 16.9 Å². The molecule has 4 aromatic rings. The van der Waals surface area contributed by atoms with Crippen molar-refractivity contribution < 1.29 is 40.5 Å². The van der Waals surface area contributed by atoms with Crippen LogP contribution in [0.2, 0.25) is 0 Å². The van der Waals surface area contributed by atoms with Crippen LogP contribution in [-0.2, 0) is 27.5 Å². The molecule has 11 heteroatoms. The van der Waals surface area contributed by atoms with Crippen LogP contribution in [0.5, 0.6) is 5.75 Å². The number of benzene rings is 4. The lowest BCUT2D eigenvalue weighted by Gasteiger charge is -2.21. The Bertz CT molecular complexity index is 1930. The van der Waals surface area contributed by atoms with Gasteiger partial charge in [0, 0.05) is 17.7 Å². The van der Waals surface area contributed by atoms with Gasteiger partial charge in [0.15, 0.2) is 5.78 Å². The van der Waals surface area contributed by atoms with E-state index in [0.717, 1.165) is 34.4 Å². The van der Waals surface area contributed by atoms with Crippen molar-refractivity contribution in [2.24, 2.45) is 5.41 Å². The van der Waals surface area contributed by atoms with E-state index >= 15 is 0 Å².